The van der Waals surface area contributed by atoms with Crippen molar-refractivity contribution in [3.05, 3.63) is 18.2 Å². The number of aromatic amines is 1. The Morgan fingerprint density at radius 1 is 1.45 bits per heavy atom. The average Bonchev–Trinajstić information content (AvgIpc) is 2.97. The topological polar surface area (TPSA) is 90.1 Å². The zero-order valence-corrected chi connectivity index (χ0v) is 12.6. The molecule has 2 rings (SSSR count). The summed E-state index contributed by atoms with van der Waals surface area (Å²) in [7, 11) is -3.40. The first-order valence-corrected chi connectivity index (χ1v) is 8.49. The summed E-state index contributed by atoms with van der Waals surface area (Å²) >= 11 is 0. The number of imidazole rings is 1. The van der Waals surface area contributed by atoms with Crippen LogP contribution in [0.3, 0.4) is 0 Å². The summed E-state index contributed by atoms with van der Waals surface area (Å²) in [6, 6.07) is 0. The second-order valence-electron chi connectivity index (χ2n) is 5.01. The Morgan fingerprint density at radius 3 is 2.80 bits per heavy atom. The Balaban J connectivity index is 1.79. The van der Waals surface area contributed by atoms with Crippen molar-refractivity contribution in [2.75, 3.05) is 26.2 Å². The predicted octanol–water partition coefficient (Wildman–Crippen LogP) is 0.0656. The standard InChI is InChI=1S/C12H23N5O2S/c1-2-13-9-11-3-7-17(8-4-11)20(18,19)16-10-12-14-5-6-15-12/h5-6,11,13,16H,2-4,7-10H2,1H3,(H,14,15). The third-order valence-corrected chi connectivity index (χ3v) is 5.13. The molecule has 20 heavy (non-hydrogen) atoms. The molecule has 0 aromatic carbocycles. The van der Waals surface area contributed by atoms with Crippen LogP contribution in [0.15, 0.2) is 12.4 Å². The molecule has 0 unspecified atom stereocenters. The molecule has 1 saturated heterocycles. The van der Waals surface area contributed by atoms with Gasteiger partial charge in [-0.25, -0.2) is 4.98 Å². The fourth-order valence-corrected chi connectivity index (χ4v) is 3.54. The molecule has 0 aliphatic carbocycles. The molecular weight excluding hydrogens is 278 g/mol. The van der Waals surface area contributed by atoms with E-state index < -0.39 is 10.2 Å². The van der Waals surface area contributed by atoms with E-state index in [-0.39, 0.29) is 6.54 Å². The van der Waals surface area contributed by atoms with Crippen LogP contribution in [0, 0.1) is 5.92 Å². The molecule has 7 nitrogen and oxygen atoms in total. The summed E-state index contributed by atoms with van der Waals surface area (Å²) in [5.41, 5.74) is 0. The second-order valence-corrected chi connectivity index (χ2v) is 6.77. The van der Waals surface area contributed by atoms with Crippen molar-refractivity contribution < 1.29 is 8.42 Å². The number of rotatable bonds is 7. The Morgan fingerprint density at radius 2 is 2.20 bits per heavy atom. The molecule has 1 aliphatic rings. The first-order chi connectivity index (χ1) is 9.62. The maximum atomic E-state index is 12.2. The van der Waals surface area contributed by atoms with E-state index in [1.54, 1.807) is 12.4 Å². The molecule has 0 amide bonds. The second kappa shape index (κ2) is 7.16. The van der Waals surface area contributed by atoms with Gasteiger partial charge in [-0.05, 0) is 31.8 Å². The van der Waals surface area contributed by atoms with E-state index in [9.17, 15) is 8.42 Å². The van der Waals surface area contributed by atoms with E-state index in [2.05, 4.69) is 26.9 Å². The van der Waals surface area contributed by atoms with Gasteiger partial charge in [0.1, 0.15) is 5.82 Å². The van der Waals surface area contributed by atoms with Gasteiger partial charge in [-0.15, -0.1) is 0 Å². The SMILES string of the molecule is CCNCC1CCN(S(=O)(=O)NCc2ncc[nH]2)CC1. The predicted molar refractivity (Wildman–Crippen MR) is 77.2 cm³/mol. The summed E-state index contributed by atoms with van der Waals surface area (Å²) in [5.74, 6) is 1.20. The molecule has 0 radical (unpaired) electrons. The number of nitrogens with zero attached hydrogens (tertiary/aromatic N) is 2. The molecule has 1 aliphatic heterocycles. The van der Waals surface area contributed by atoms with Crippen LogP contribution in [0.4, 0.5) is 0 Å². The highest BCUT2D eigenvalue weighted by molar-refractivity contribution is 7.87. The lowest BCUT2D eigenvalue weighted by atomic mass is 9.98. The third-order valence-electron chi connectivity index (χ3n) is 3.57. The average molecular weight is 301 g/mol. The third kappa shape index (κ3) is 4.27. The van der Waals surface area contributed by atoms with Gasteiger partial charge in [-0.1, -0.05) is 6.92 Å². The van der Waals surface area contributed by atoms with Crippen LogP contribution in [0.1, 0.15) is 25.6 Å². The van der Waals surface area contributed by atoms with Crippen LogP contribution in [0.5, 0.6) is 0 Å². The lowest BCUT2D eigenvalue weighted by molar-refractivity contribution is 0.266. The van der Waals surface area contributed by atoms with Gasteiger partial charge in [-0.2, -0.15) is 17.4 Å². The molecule has 1 fully saturated rings. The summed E-state index contributed by atoms with van der Waals surface area (Å²) in [4.78, 5) is 6.88. The molecule has 2 heterocycles. The van der Waals surface area contributed by atoms with E-state index >= 15 is 0 Å². The normalized spacial score (nSPS) is 18.4. The lowest BCUT2D eigenvalue weighted by Gasteiger charge is -2.31. The van der Waals surface area contributed by atoms with Crippen LogP contribution in [-0.4, -0.2) is 48.9 Å². The Kier molecular flexibility index (Phi) is 5.53. The van der Waals surface area contributed by atoms with Crippen LogP contribution in [0.25, 0.3) is 0 Å². The highest BCUT2D eigenvalue weighted by Gasteiger charge is 2.27. The van der Waals surface area contributed by atoms with Crippen LogP contribution < -0.4 is 10.0 Å². The number of hydrogen-bond donors (Lipinski definition) is 3. The van der Waals surface area contributed by atoms with Crippen LogP contribution in [0.2, 0.25) is 0 Å². The highest BCUT2D eigenvalue weighted by Crippen LogP contribution is 2.18. The number of H-pyrrole nitrogens is 1. The van der Waals surface area contributed by atoms with Crippen molar-refractivity contribution >= 4 is 10.2 Å². The van der Waals surface area contributed by atoms with Crippen LogP contribution in [-0.2, 0) is 16.8 Å². The van der Waals surface area contributed by atoms with E-state index in [1.807, 2.05) is 0 Å². The highest BCUT2D eigenvalue weighted by atomic mass is 32.2. The van der Waals surface area contributed by atoms with Crippen molar-refractivity contribution in [2.24, 2.45) is 5.92 Å². The zero-order chi connectivity index (χ0) is 14.4. The molecule has 114 valence electrons. The zero-order valence-electron chi connectivity index (χ0n) is 11.8. The number of hydrogen-bond acceptors (Lipinski definition) is 4. The molecule has 0 bridgehead atoms. The molecule has 8 heteroatoms. The van der Waals surface area contributed by atoms with Crippen molar-refractivity contribution in [3.63, 3.8) is 0 Å². The minimum absolute atomic E-state index is 0.201. The molecule has 0 atom stereocenters. The number of nitrogens with one attached hydrogen (secondary N) is 3. The van der Waals surface area contributed by atoms with Crippen molar-refractivity contribution in [1.29, 1.82) is 0 Å². The fourth-order valence-electron chi connectivity index (χ4n) is 2.35. The molecular formula is C12H23N5O2S. The molecule has 1 aromatic rings. The minimum Gasteiger partial charge on any atom is -0.347 e. The molecule has 3 N–H and O–H groups in total. The Bertz CT molecular complexity index is 480. The molecule has 1 aromatic heterocycles. The Labute approximate surface area is 120 Å². The van der Waals surface area contributed by atoms with Crippen molar-refractivity contribution in [3.8, 4) is 0 Å². The lowest BCUT2D eigenvalue weighted by Crippen LogP contribution is -2.45. The van der Waals surface area contributed by atoms with Gasteiger partial charge in [0.25, 0.3) is 10.2 Å². The van der Waals surface area contributed by atoms with Crippen LogP contribution >= 0.6 is 0 Å². The first-order valence-electron chi connectivity index (χ1n) is 7.05. The maximum Gasteiger partial charge on any atom is 0.279 e. The monoisotopic (exact) mass is 301 g/mol. The van der Waals surface area contributed by atoms with E-state index in [0.717, 1.165) is 25.9 Å². The summed E-state index contributed by atoms with van der Waals surface area (Å²) in [5, 5.41) is 3.32. The van der Waals surface area contributed by atoms with E-state index in [0.29, 0.717) is 24.8 Å². The summed E-state index contributed by atoms with van der Waals surface area (Å²) < 4.78 is 28.4. The minimum atomic E-state index is -3.40. The largest absolute Gasteiger partial charge is 0.347 e. The van der Waals surface area contributed by atoms with E-state index in [1.165, 1.54) is 4.31 Å². The van der Waals surface area contributed by atoms with Crippen molar-refractivity contribution in [1.82, 2.24) is 24.3 Å². The van der Waals surface area contributed by atoms with Gasteiger partial charge in [0.2, 0.25) is 0 Å². The van der Waals surface area contributed by atoms with E-state index in [4.69, 9.17) is 0 Å². The smallest absolute Gasteiger partial charge is 0.279 e. The quantitative estimate of drug-likeness (QED) is 0.664. The first kappa shape index (κ1) is 15.4. The van der Waals surface area contributed by atoms with Gasteiger partial charge in [0.15, 0.2) is 0 Å². The summed E-state index contributed by atoms with van der Waals surface area (Å²) in [6.45, 7) is 5.39. The van der Waals surface area contributed by atoms with Gasteiger partial charge >= 0.3 is 0 Å². The number of aromatic nitrogens is 2. The maximum absolute atomic E-state index is 12.2. The molecule has 0 spiro atoms. The van der Waals surface area contributed by atoms with Gasteiger partial charge in [0, 0.05) is 25.5 Å². The Hall–Kier alpha value is -0.960. The summed E-state index contributed by atoms with van der Waals surface area (Å²) in [6.07, 6.45) is 5.11. The van der Waals surface area contributed by atoms with Gasteiger partial charge in [0.05, 0.1) is 6.54 Å². The molecule has 0 saturated carbocycles. The number of piperidine rings is 1. The fraction of sp³-hybridized carbons (Fsp3) is 0.750. The van der Waals surface area contributed by atoms with Gasteiger partial charge in [-0.3, -0.25) is 0 Å². The van der Waals surface area contributed by atoms with Gasteiger partial charge < -0.3 is 10.3 Å². The van der Waals surface area contributed by atoms with Crippen molar-refractivity contribution in [2.45, 2.75) is 26.3 Å².